The first-order valence-electron chi connectivity index (χ1n) is 15.2. The highest BCUT2D eigenvalue weighted by molar-refractivity contribution is 7.25. The number of allylic oxidation sites excluding steroid dienone is 8. The van der Waals surface area contributed by atoms with Crippen LogP contribution in [-0.4, -0.2) is 23.0 Å². The summed E-state index contributed by atoms with van der Waals surface area (Å²) in [5.41, 5.74) is 20.8. The predicted octanol–water partition coefficient (Wildman–Crippen LogP) is 8.62. The quantitative estimate of drug-likeness (QED) is 0.141. The van der Waals surface area contributed by atoms with Gasteiger partial charge in [-0.05, 0) is 84.5 Å². The van der Waals surface area contributed by atoms with Crippen LogP contribution in [0.1, 0.15) is 47.2 Å². The third-order valence-electron chi connectivity index (χ3n) is 8.21. The van der Waals surface area contributed by atoms with Crippen LogP contribution in [0.3, 0.4) is 0 Å². The summed E-state index contributed by atoms with van der Waals surface area (Å²) in [6.45, 7) is 8.27. The molecule has 232 valence electrons. The Bertz CT molecular complexity index is 2170. The Hall–Kier alpha value is -5.89. The predicted molar refractivity (Wildman–Crippen MR) is 198 cm³/mol. The van der Waals surface area contributed by atoms with Crippen molar-refractivity contribution in [1.82, 2.24) is 9.88 Å². The molecule has 2 aromatic carbocycles. The second kappa shape index (κ2) is 14.5. The Morgan fingerprint density at radius 2 is 1.98 bits per heavy atom. The maximum atomic E-state index is 9.34. The van der Waals surface area contributed by atoms with Crippen LogP contribution in [0.2, 0.25) is 0 Å². The van der Waals surface area contributed by atoms with Crippen molar-refractivity contribution in [2.24, 2.45) is 11.5 Å². The van der Waals surface area contributed by atoms with Crippen LogP contribution in [0.25, 0.3) is 43.7 Å². The van der Waals surface area contributed by atoms with Gasteiger partial charge in [0.05, 0.1) is 17.2 Å². The number of nitriles is 2. The van der Waals surface area contributed by atoms with Crippen LogP contribution in [-0.2, 0) is 6.42 Å². The van der Waals surface area contributed by atoms with Crippen LogP contribution in [0, 0.1) is 22.7 Å². The van der Waals surface area contributed by atoms with Gasteiger partial charge < -0.3 is 16.4 Å². The maximum Gasteiger partial charge on any atom is 0.101 e. The van der Waals surface area contributed by atoms with Crippen molar-refractivity contribution in [3.8, 4) is 12.1 Å². The van der Waals surface area contributed by atoms with Gasteiger partial charge in [0.15, 0.2) is 0 Å². The maximum absolute atomic E-state index is 9.34. The summed E-state index contributed by atoms with van der Waals surface area (Å²) >= 11 is 1.78. The van der Waals surface area contributed by atoms with Gasteiger partial charge >= 0.3 is 0 Å². The van der Waals surface area contributed by atoms with E-state index >= 15 is 0 Å². The van der Waals surface area contributed by atoms with E-state index in [1.165, 1.54) is 38.1 Å². The van der Waals surface area contributed by atoms with E-state index in [1.54, 1.807) is 23.6 Å². The van der Waals surface area contributed by atoms with E-state index in [0.29, 0.717) is 28.8 Å². The van der Waals surface area contributed by atoms with Gasteiger partial charge in [-0.3, -0.25) is 4.98 Å². The fourth-order valence-electron chi connectivity index (χ4n) is 5.92. The number of aromatic nitrogens is 1. The van der Waals surface area contributed by atoms with E-state index in [0.717, 1.165) is 28.0 Å². The van der Waals surface area contributed by atoms with E-state index in [-0.39, 0.29) is 6.04 Å². The molecule has 1 aliphatic heterocycles. The molecule has 2 aromatic heterocycles. The lowest BCUT2D eigenvalue weighted by atomic mass is 9.93. The molecule has 0 aliphatic carbocycles. The normalized spacial score (nSPS) is 15.9. The van der Waals surface area contributed by atoms with Gasteiger partial charge in [-0.15, -0.1) is 11.3 Å². The Labute approximate surface area is 280 Å². The highest BCUT2D eigenvalue weighted by Gasteiger charge is 2.21. The number of nitrogens with two attached hydrogens (primary N) is 2. The number of benzene rings is 2. The second-order valence-corrected chi connectivity index (χ2v) is 12.3. The van der Waals surface area contributed by atoms with Gasteiger partial charge in [0, 0.05) is 62.8 Å². The first-order valence-corrected chi connectivity index (χ1v) is 16.0. The zero-order chi connectivity index (χ0) is 33.5. The molecule has 0 amide bonds. The SMILES string of the molecule is C=Cc1c(/C=C\C)c(C/C=C\C=C(/N)c2cncc(C#N)c2)cc2sc3cc(C4=CC=CC(/C(C)=C/C(C#N)=C\N)N4C)ccc3c12. The summed E-state index contributed by atoms with van der Waals surface area (Å²) in [6.07, 6.45) is 25.5. The van der Waals surface area contributed by atoms with E-state index in [9.17, 15) is 10.5 Å². The Kier molecular flexibility index (Phi) is 10.0. The standard InChI is InChI=1S/C40H36N6S/c1-5-10-33-29(11-7-8-12-35(44)31-18-28(23-43)24-45-25-31)19-39-40(32(33)6-2)34-16-15-30(20-38(34)47-39)37-14-9-13-36(46(37)4)26(3)17-27(21-41)22-42/h5-10,12-21,24-25,36H,2,11,41,44H2,1,3-4H3/b8-7-,10-5-,26-17+,27-21+,35-12-. The lowest BCUT2D eigenvalue weighted by Crippen LogP contribution is -2.31. The van der Waals surface area contributed by atoms with E-state index in [2.05, 4.69) is 96.4 Å². The summed E-state index contributed by atoms with van der Waals surface area (Å²) in [4.78, 5) is 6.33. The summed E-state index contributed by atoms with van der Waals surface area (Å²) in [7, 11) is 2.08. The van der Waals surface area contributed by atoms with Crippen LogP contribution in [0.15, 0.2) is 115 Å². The smallest absolute Gasteiger partial charge is 0.101 e. The third-order valence-corrected chi connectivity index (χ3v) is 9.31. The topological polar surface area (TPSA) is 116 Å². The fraction of sp³-hybridized carbons (Fsp3) is 0.125. The number of likely N-dealkylation sites (N-methyl/N-ethyl adjacent to an activating group) is 1. The summed E-state index contributed by atoms with van der Waals surface area (Å²) in [6, 6.07) is 14.9. The molecule has 5 rings (SSSR count). The zero-order valence-corrected chi connectivity index (χ0v) is 27.6. The van der Waals surface area contributed by atoms with Gasteiger partial charge in [-0.1, -0.05) is 61.2 Å². The molecule has 4 aromatic rings. The molecule has 0 saturated heterocycles. The summed E-state index contributed by atoms with van der Waals surface area (Å²) < 4.78 is 2.41. The zero-order valence-electron chi connectivity index (χ0n) is 26.7. The first kappa shape index (κ1) is 32.5. The molecule has 1 aliphatic rings. The van der Waals surface area contributed by atoms with Crippen molar-refractivity contribution >= 4 is 55.1 Å². The fourth-order valence-corrected chi connectivity index (χ4v) is 7.14. The average molecular weight is 633 g/mol. The Balaban J connectivity index is 1.50. The van der Waals surface area contributed by atoms with Crippen LogP contribution in [0.4, 0.5) is 0 Å². The van der Waals surface area contributed by atoms with E-state index < -0.39 is 0 Å². The van der Waals surface area contributed by atoms with Crippen LogP contribution >= 0.6 is 11.3 Å². The minimum absolute atomic E-state index is 0.00681. The molecule has 0 fully saturated rings. The average Bonchev–Trinajstić information content (AvgIpc) is 3.46. The van der Waals surface area contributed by atoms with Gasteiger partial charge in [0.25, 0.3) is 0 Å². The number of nitrogens with zero attached hydrogens (tertiary/aromatic N) is 4. The van der Waals surface area contributed by atoms with Crippen molar-refractivity contribution in [2.45, 2.75) is 26.3 Å². The number of fused-ring (bicyclic) bond motifs is 3. The van der Waals surface area contributed by atoms with Gasteiger partial charge in [0.2, 0.25) is 0 Å². The Morgan fingerprint density at radius 3 is 2.70 bits per heavy atom. The molecule has 4 N–H and O–H groups in total. The number of hydrogen-bond donors (Lipinski definition) is 2. The van der Waals surface area contributed by atoms with E-state index in [4.69, 9.17) is 11.5 Å². The van der Waals surface area contributed by atoms with Crippen molar-refractivity contribution in [3.63, 3.8) is 0 Å². The van der Waals surface area contributed by atoms with E-state index in [1.807, 2.05) is 38.2 Å². The molecular formula is C40H36N6S. The molecule has 0 radical (unpaired) electrons. The molecule has 1 atom stereocenters. The molecule has 6 nitrogen and oxygen atoms in total. The molecule has 1 unspecified atom stereocenters. The monoisotopic (exact) mass is 632 g/mol. The minimum atomic E-state index is 0.00681. The van der Waals surface area contributed by atoms with Crippen LogP contribution < -0.4 is 11.5 Å². The number of thiophene rings is 1. The number of hydrogen-bond acceptors (Lipinski definition) is 7. The van der Waals surface area contributed by atoms with Gasteiger partial charge in [-0.2, -0.15) is 10.5 Å². The summed E-state index contributed by atoms with van der Waals surface area (Å²) in [5.74, 6) is 0. The highest BCUT2D eigenvalue weighted by Crippen LogP contribution is 2.41. The second-order valence-electron chi connectivity index (χ2n) is 11.2. The third kappa shape index (κ3) is 6.72. The molecular weight excluding hydrogens is 597 g/mol. The highest BCUT2D eigenvalue weighted by atomic mass is 32.1. The number of pyridine rings is 1. The molecule has 0 bridgehead atoms. The van der Waals surface area contributed by atoms with Crippen molar-refractivity contribution in [1.29, 1.82) is 10.5 Å². The van der Waals surface area contributed by atoms with Crippen LogP contribution in [0.5, 0.6) is 0 Å². The molecule has 3 heterocycles. The van der Waals surface area contributed by atoms with Gasteiger partial charge in [-0.25, -0.2) is 0 Å². The van der Waals surface area contributed by atoms with Crippen molar-refractivity contribution in [3.05, 3.63) is 149 Å². The Morgan fingerprint density at radius 1 is 1.15 bits per heavy atom. The minimum Gasteiger partial charge on any atom is -0.404 e. The summed E-state index contributed by atoms with van der Waals surface area (Å²) in [5, 5.41) is 20.9. The first-order chi connectivity index (χ1) is 22.8. The lowest BCUT2D eigenvalue weighted by Gasteiger charge is -2.33. The molecule has 7 heteroatoms. The van der Waals surface area contributed by atoms with Crippen molar-refractivity contribution in [2.75, 3.05) is 7.05 Å². The molecule has 0 saturated carbocycles. The number of rotatable bonds is 9. The largest absolute Gasteiger partial charge is 0.404 e. The molecule has 0 spiro atoms. The molecule has 47 heavy (non-hydrogen) atoms. The van der Waals surface area contributed by atoms with Crippen molar-refractivity contribution < 1.29 is 0 Å². The lowest BCUT2D eigenvalue weighted by molar-refractivity contribution is 0.441. The van der Waals surface area contributed by atoms with Gasteiger partial charge in [0.1, 0.15) is 12.1 Å².